The number of rotatable bonds is 4. The van der Waals surface area contributed by atoms with Gasteiger partial charge in [0.1, 0.15) is 0 Å². The van der Waals surface area contributed by atoms with Crippen molar-refractivity contribution in [1.29, 1.82) is 0 Å². The first-order valence-corrected chi connectivity index (χ1v) is 7.89. The fourth-order valence-corrected chi connectivity index (χ4v) is 1.70. The summed E-state index contributed by atoms with van der Waals surface area (Å²) in [4.78, 5) is 33.9. The Kier molecular flexibility index (Phi) is 9.56. The van der Waals surface area contributed by atoms with Gasteiger partial charge < -0.3 is 0 Å². The minimum atomic E-state index is -0.677. The largest absolute Gasteiger partial charge is 0.285 e. The van der Waals surface area contributed by atoms with Crippen molar-refractivity contribution in [2.45, 2.75) is 34.6 Å². The van der Waals surface area contributed by atoms with Crippen molar-refractivity contribution in [3.8, 4) is 0 Å². The van der Waals surface area contributed by atoms with Crippen LogP contribution in [0.4, 0.5) is 5.69 Å². The van der Waals surface area contributed by atoms with Gasteiger partial charge in [-0.2, -0.15) is 0 Å². The van der Waals surface area contributed by atoms with Gasteiger partial charge in [0.25, 0.3) is 5.69 Å². The molecule has 5 heteroatoms. The lowest BCUT2D eigenvalue weighted by Gasteiger charge is -2.01. The Morgan fingerprint density at radius 3 is 1.42 bits per heavy atom. The molecule has 2 aromatic rings. The van der Waals surface area contributed by atoms with Crippen LogP contribution in [-0.4, -0.2) is 16.5 Å². The number of hydrogen-bond donors (Lipinski definition) is 0. The SMILES string of the molecule is CC.CC.Cc1ccc(C(=O)C(=O)c2ccc([N+](=O)[O-])cc2)cc1. The average molecular weight is 329 g/mol. The van der Waals surface area contributed by atoms with Crippen LogP contribution in [0, 0.1) is 17.0 Å². The second kappa shape index (κ2) is 10.8. The first-order chi connectivity index (χ1) is 11.5. The zero-order chi connectivity index (χ0) is 18.7. The van der Waals surface area contributed by atoms with Gasteiger partial charge in [-0.25, -0.2) is 0 Å². The lowest BCUT2D eigenvalue weighted by atomic mass is 10.0. The van der Waals surface area contributed by atoms with E-state index in [0.29, 0.717) is 5.56 Å². The van der Waals surface area contributed by atoms with Crippen molar-refractivity contribution < 1.29 is 14.5 Å². The summed E-state index contributed by atoms with van der Waals surface area (Å²) in [5.41, 5.74) is 1.31. The molecule has 0 unspecified atom stereocenters. The fourth-order valence-electron chi connectivity index (χ4n) is 1.70. The van der Waals surface area contributed by atoms with Crippen LogP contribution in [0.25, 0.3) is 0 Å². The lowest BCUT2D eigenvalue weighted by molar-refractivity contribution is -0.384. The van der Waals surface area contributed by atoms with Gasteiger partial charge in [0.2, 0.25) is 11.6 Å². The molecule has 0 amide bonds. The number of carbonyl (C=O) groups is 2. The van der Waals surface area contributed by atoms with Crippen LogP contribution in [0.5, 0.6) is 0 Å². The summed E-state index contributed by atoms with van der Waals surface area (Å²) in [5, 5.41) is 10.5. The molecule has 24 heavy (non-hydrogen) atoms. The number of carbonyl (C=O) groups excluding carboxylic acids is 2. The van der Waals surface area contributed by atoms with Crippen LogP contribution >= 0.6 is 0 Å². The monoisotopic (exact) mass is 329 g/mol. The number of hydrogen-bond acceptors (Lipinski definition) is 4. The van der Waals surface area contributed by atoms with Crippen LogP contribution in [0.15, 0.2) is 48.5 Å². The van der Waals surface area contributed by atoms with E-state index in [1.807, 2.05) is 34.6 Å². The Hall–Kier alpha value is -2.82. The van der Waals surface area contributed by atoms with E-state index >= 15 is 0 Å². The molecule has 0 heterocycles. The summed E-state index contributed by atoms with van der Waals surface area (Å²) >= 11 is 0. The molecular weight excluding hydrogens is 306 g/mol. The third-order valence-corrected chi connectivity index (χ3v) is 2.86. The molecule has 0 fully saturated rings. The molecule has 2 aromatic carbocycles. The standard InChI is InChI=1S/C15H11NO4.2C2H6/c1-10-2-4-11(5-3-10)14(17)15(18)12-6-8-13(9-7-12)16(19)20;2*1-2/h2-9H,1H3;2*1-2H3. The minimum Gasteiger partial charge on any atom is -0.285 e. The molecule has 0 aromatic heterocycles. The number of ketones is 2. The number of nitro groups is 1. The Morgan fingerprint density at radius 1 is 0.750 bits per heavy atom. The molecule has 0 saturated heterocycles. The molecule has 5 nitrogen and oxygen atoms in total. The lowest BCUT2D eigenvalue weighted by Crippen LogP contribution is -2.14. The molecule has 0 bridgehead atoms. The van der Waals surface area contributed by atoms with Gasteiger partial charge in [-0.3, -0.25) is 19.7 Å². The molecule has 128 valence electrons. The van der Waals surface area contributed by atoms with Crippen LogP contribution in [0.3, 0.4) is 0 Å². The number of non-ortho nitro benzene ring substituents is 1. The average Bonchev–Trinajstić information content (AvgIpc) is 2.64. The van der Waals surface area contributed by atoms with E-state index < -0.39 is 16.5 Å². The van der Waals surface area contributed by atoms with Crippen LogP contribution in [0.1, 0.15) is 54.0 Å². The highest BCUT2D eigenvalue weighted by Gasteiger charge is 2.18. The highest BCUT2D eigenvalue weighted by atomic mass is 16.6. The van der Waals surface area contributed by atoms with E-state index in [1.54, 1.807) is 24.3 Å². The van der Waals surface area contributed by atoms with Gasteiger partial charge in [0.05, 0.1) is 4.92 Å². The van der Waals surface area contributed by atoms with E-state index in [0.717, 1.165) is 5.56 Å². The van der Waals surface area contributed by atoms with E-state index in [4.69, 9.17) is 0 Å². The predicted octanol–water partition coefficient (Wildman–Crippen LogP) is 5.02. The van der Waals surface area contributed by atoms with Crippen molar-refractivity contribution in [3.63, 3.8) is 0 Å². The molecule has 0 N–H and O–H groups in total. The van der Waals surface area contributed by atoms with Gasteiger partial charge in [-0.15, -0.1) is 0 Å². The summed E-state index contributed by atoms with van der Waals surface area (Å²) in [6.07, 6.45) is 0. The molecule has 0 aliphatic heterocycles. The highest BCUT2D eigenvalue weighted by molar-refractivity contribution is 6.49. The van der Waals surface area contributed by atoms with E-state index in [9.17, 15) is 19.7 Å². The number of nitrogens with zero attached hydrogens (tertiary/aromatic N) is 1. The number of Topliss-reactive ketones (excluding diaryl/α,β-unsaturated/α-hetero) is 2. The Morgan fingerprint density at radius 2 is 1.08 bits per heavy atom. The zero-order valence-corrected chi connectivity index (χ0v) is 14.7. The topological polar surface area (TPSA) is 77.3 Å². The van der Waals surface area contributed by atoms with Crippen LogP contribution in [0.2, 0.25) is 0 Å². The normalized spacial score (nSPS) is 8.88. The molecule has 0 saturated carbocycles. The molecule has 2 rings (SSSR count). The molecular formula is C19H23NO4. The quantitative estimate of drug-likeness (QED) is 0.341. The van der Waals surface area contributed by atoms with Gasteiger partial charge in [0.15, 0.2) is 0 Å². The van der Waals surface area contributed by atoms with Gasteiger partial charge >= 0.3 is 0 Å². The molecule has 0 radical (unpaired) electrons. The highest BCUT2D eigenvalue weighted by Crippen LogP contribution is 2.14. The number of benzene rings is 2. The van der Waals surface area contributed by atoms with Crippen molar-refractivity contribution in [1.82, 2.24) is 0 Å². The van der Waals surface area contributed by atoms with Crippen LogP contribution in [-0.2, 0) is 0 Å². The summed E-state index contributed by atoms with van der Waals surface area (Å²) < 4.78 is 0. The summed E-state index contributed by atoms with van der Waals surface area (Å²) in [6.45, 7) is 9.88. The fraction of sp³-hybridized carbons (Fsp3) is 0.263. The van der Waals surface area contributed by atoms with Crippen molar-refractivity contribution in [2.24, 2.45) is 0 Å². The van der Waals surface area contributed by atoms with Gasteiger partial charge in [-0.1, -0.05) is 57.5 Å². The predicted molar refractivity (Wildman–Crippen MR) is 95.6 cm³/mol. The van der Waals surface area contributed by atoms with Crippen LogP contribution < -0.4 is 0 Å². The third kappa shape index (κ3) is 5.76. The maximum atomic E-state index is 12.0. The molecule has 0 aliphatic rings. The van der Waals surface area contributed by atoms with Gasteiger partial charge in [0, 0.05) is 23.3 Å². The Labute approximate surface area is 142 Å². The first-order valence-electron chi connectivity index (χ1n) is 7.89. The van der Waals surface area contributed by atoms with Crippen molar-refractivity contribution >= 4 is 17.3 Å². The summed E-state index contributed by atoms with van der Waals surface area (Å²) in [5.74, 6) is -1.30. The number of aryl methyl sites for hydroxylation is 1. The number of nitro benzene ring substituents is 1. The van der Waals surface area contributed by atoms with Crippen molar-refractivity contribution in [3.05, 3.63) is 75.3 Å². The third-order valence-electron chi connectivity index (χ3n) is 2.86. The van der Waals surface area contributed by atoms with Gasteiger partial charge in [-0.05, 0) is 19.1 Å². The minimum absolute atomic E-state index is 0.121. The van der Waals surface area contributed by atoms with E-state index in [2.05, 4.69) is 0 Å². The first kappa shape index (κ1) is 21.2. The smallest absolute Gasteiger partial charge is 0.269 e. The summed E-state index contributed by atoms with van der Waals surface area (Å²) in [6, 6.07) is 11.6. The zero-order valence-electron chi connectivity index (χ0n) is 14.7. The maximum absolute atomic E-state index is 12.0. The second-order valence-corrected chi connectivity index (χ2v) is 4.33. The molecule has 0 spiro atoms. The molecule has 0 atom stereocenters. The second-order valence-electron chi connectivity index (χ2n) is 4.33. The maximum Gasteiger partial charge on any atom is 0.269 e. The van der Waals surface area contributed by atoms with E-state index in [-0.39, 0.29) is 11.3 Å². The van der Waals surface area contributed by atoms with E-state index in [1.165, 1.54) is 24.3 Å². The molecule has 0 aliphatic carbocycles. The Balaban J connectivity index is 0.00000123. The Bertz CT molecular complexity index is 674. The van der Waals surface area contributed by atoms with Crippen molar-refractivity contribution in [2.75, 3.05) is 0 Å². The summed E-state index contributed by atoms with van der Waals surface area (Å²) in [7, 11) is 0.